The maximum absolute atomic E-state index is 6.10. The SMILES string of the molecule is CCC1CCC(CN)C(N2CCCN(C)CC2CC)C1. The van der Waals surface area contributed by atoms with Crippen molar-refractivity contribution in [1.29, 1.82) is 0 Å². The van der Waals surface area contributed by atoms with Gasteiger partial charge in [-0.25, -0.2) is 0 Å². The largest absolute Gasteiger partial charge is 0.330 e. The van der Waals surface area contributed by atoms with Crippen molar-refractivity contribution in [1.82, 2.24) is 9.80 Å². The molecule has 1 saturated heterocycles. The van der Waals surface area contributed by atoms with Gasteiger partial charge in [0.05, 0.1) is 0 Å². The maximum atomic E-state index is 6.10. The monoisotopic (exact) mass is 281 g/mol. The summed E-state index contributed by atoms with van der Waals surface area (Å²) in [5.41, 5.74) is 6.10. The van der Waals surface area contributed by atoms with E-state index in [9.17, 15) is 0 Å². The van der Waals surface area contributed by atoms with E-state index in [-0.39, 0.29) is 0 Å². The number of nitrogens with two attached hydrogens (primary N) is 1. The van der Waals surface area contributed by atoms with Gasteiger partial charge < -0.3 is 10.6 Å². The minimum Gasteiger partial charge on any atom is -0.330 e. The van der Waals surface area contributed by atoms with Crippen LogP contribution in [-0.2, 0) is 0 Å². The van der Waals surface area contributed by atoms with Crippen molar-refractivity contribution in [2.75, 3.05) is 33.2 Å². The van der Waals surface area contributed by atoms with E-state index in [1.165, 1.54) is 58.2 Å². The highest BCUT2D eigenvalue weighted by atomic mass is 15.3. The van der Waals surface area contributed by atoms with E-state index >= 15 is 0 Å². The molecule has 2 N–H and O–H groups in total. The molecule has 20 heavy (non-hydrogen) atoms. The van der Waals surface area contributed by atoms with Crippen molar-refractivity contribution >= 4 is 0 Å². The first-order valence-corrected chi connectivity index (χ1v) is 8.83. The van der Waals surface area contributed by atoms with Gasteiger partial charge in [-0.05, 0) is 57.7 Å². The van der Waals surface area contributed by atoms with Crippen LogP contribution in [-0.4, -0.2) is 55.1 Å². The van der Waals surface area contributed by atoms with E-state index in [1.807, 2.05) is 0 Å². The van der Waals surface area contributed by atoms with Crippen LogP contribution in [0, 0.1) is 11.8 Å². The van der Waals surface area contributed by atoms with Crippen molar-refractivity contribution in [2.45, 2.75) is 64.5 Å². The van der Waals surface area contributed by atoms with Gasteiger partial charge in [-0.1, -0.05) is 26.7 Å². The van der Waals surface area contributed by atoms with Crippen LogP contribution in [0.5, 0.6) is 0 Å². The molecule has 4 unspecified atom stereocenters. The smallest absolute Gasteiger partial charge is 0.0223 e. The van der Waals surface area contributed by atoms with Gasteiger partial charge >= 0.3 is 0 Å². The Labute approximate surface area is 125 Å². The number of nitrogens with zero attached hydrogens (tertiary/aromatic N) is 2. The van der Waals surface area contributed by atoms with Gasteiger partial charge in [0.2, 0.25) is 0 Å². The molecule has 1 aliphatic heterocycles. The van der Waals surface area contributed by atoms with E-state index in [0.717, 1.165) is 30.5 Å². The molecule has 0 aromatic carbocycles. The van der Waals surface area contributed by atoms with Crippen LogP contribution < -0.4 is 5.73 Å². The highest BCUT2D eigenvalue weighted by Gasteiger charge is 2.36. The molecule has 2 fully saturated rings. The third-order valence-electron chi connectivity index (χ3n) is 5.79. The molecule has 1 heterocycles. The van der Waals surface area contributed by atoms with E-state index < -0.39 is 0 Å². The zero-order chi connectivity index (χ0) is 14.5. The normalized spacial score (nSPS) is 37.8. The lowest BCUT2D eigenvalue weighted by atomic mass is 9.76. The molecule has 3 nitrogen and oxygen atoms in total. The third kappa shape index (κ3) is 3.75. The number of rotatable bonds is 4. The molecule has 0 amide bonds. The highest BCUT2D eigenvalue weighted by Crippen LogP contribution is 2.35. The minimum absolute atomic E-state index is 0.732. The molecule has 0 aromatic heterocycles. The summed E-state index contributed by atoms with van der Waals surface area (Å²) >= 11 is 0. The zero-order valence-electron chi connectivity index (χ0n) is 13.9. The lowest BCUT2D eigenvalue weighted by molar-refractivity contribution is 0.0454. The Kier molecular flexibility index (Phi) is 6.31. The van der Waals surface area contributed by atoms with Gasteiger partial charge in [0.15, 0.2) is 0 Å². The predicted octanol–water partition coefficient (Wildman–Crippen LogP) is 2.56. The number of hydrogen-bond donors (Lipinski definition) is 1. The summed E-state index contributed by atoms with van der Waals surface area (Å²) in [4.78, 5) is 5.37. The van der Waals surface area contributed by atoms with Gasteiger partial charge in [-0.15, -0.1) is 0 Å². The first-order valence-electron chi connectivity index (χ1n) is 8.83. The molecule has 0 radical (unpaired) electrons. The van der Waals surface area contributed by atoms with Crippen LogP contribution in [0.2, 0.25) is 0 Å². The van der Waals surface area contributed by atoms with Crippen molar-refractivity contribution in [3.63, 3.8) is 0 Å². The molecule has 118 valence electrons. The van der Waals surface area contributed by atoms with Crippen LogP contribution in [0.4, 0.5) is 0 Å². The molecule has 1 aliphatic carbocycles. The summed E-state index contributed by atoms with van der Waals surface area (Å²) in [5.74, 6) is 1.66. The summed E-state index contributed by atoms with van der Waals surface area (Å²) < 4.78 is 0. The molecule has 4 atom stereocenters. The molecule has 3 heteroatoms. The van der Waals surface area contributed by atoms with Crippen LogP contribution >= 0.6 is 0 Å². The Bertz CT molecular complexity index is 281. The zero-order valence-corrected chi connectivity index (χ0v) is 13.9. The van der Waals surface area contributed by atoms with Gasteiger partial charge in [-0.3, -0.25) is 4.90 Å². The van der Waals surface area contributed by atoms with E-state index in [1.54, 1.807) is 0 Å². The number of likely N-dealkylation sites (N-methyl/N-ethyl adjacent to an activating group) is 1. The van der Waals surface area contributed by atoms with Crippen LogP contribution in [0.15, 0.2) is 0 Å². The second kappa shape index (κ2) is 7.77. The highest BCUT2D eigenvalue weighted by molar-refractivity contribution is 4.91. The average molecular weight is 281 g/mol. The topological polar surface area (TPSA) is 32.5 Å². The van der Waals surface area contributed by atoms with Gasteiger partial charge in [0.1, 0.15) is 0 Å². The van der Waals surface area contributed by atoms with Gasteiger partial charge in [0.25, 0.3) is 0 Å². The van der Waals surface area contributed by atoms with Crippen molar-refractivity contribution in [3.05, 3.63) is 0 Å². The van der Waals surface area contributed by atoms with Gasteiger partial charge in [0, 0.05) is 25.2 Å². The third-order valence-corrected chi connectivity index (χ3v) is 5.79. The Hall–Kier alpha value is -0.120. The average Bonchev–Trinajstić information content (AvgIpc) is 2.67. The Balaban J connectivity index is 2.11. The first kappa shape index (κ1) is 16.3. The lowest BCUT2D eigenvalue weighted by Gasteiger charge is -2.45. The summed E-state index contributed by atoms with van der Waals surface area (Å²) in [6.07, 6.45) is 8.07. The van der Waals surface area contributed by atoms with Crippen LogP contribution in [0.1, 0.15) is 52.4 Å². The lowest BCUT2D eigenvalue weighted by Crippen LogP contribution is -2.52. The van der Waals surface area contributed by atoms with E-state index in [0.29, 0.717) is 0 Å². The van der Waals surface area contributed by atoms with Crippen LogP contribution in [0.3, 0.4) is 0 Å². The summed E-state index contributed by atoms with van der Waals surface area (Å²) in [5, 5.41) is 0. The summed E-state index contributed by atoms with van der Waals surface area (Å²) in [6, 6.07) is 1.48. The Morgan fingerprint density at radius 3 is 2.55 bits per heavy atom. The van der Waals surface area contributed by atoms with E-state index in [4.69, 9.17) is 5.73 Å². The fraction of sp³-hybridized carbons (Fsp3) is 1.00. The first-order chi connectivity index (χ1) is 9.69. The molecule has 0 bridgehead atoms. The molecule has 2 rings (SSSR count). The van der Waals surface area contributed by atoms with Crippen LogP contribution in [0.25, 0.3) is 0 Å². The quantitative estimate of drug-likeness (QED) is 0.859. The molecular weight excluding hydrogens is 246 g/mol. The second-order valence-electron chi connectivity index (χ2n) is 7.07. The Morgan fingerprint density at radius 1 is 1.10 bits per heavy atom. The maximum Gasteiger partial charge on any atom is 0.0223 e. The summed E-state index contributed by atoms with van der Waals surface area (Å²) in [7, 11) is 2.28. The fourth-order valence-electron chi connectivity index (χ4n) is 4.41. The van der Waals surface area contributed by atoms with Gasteiger partial charge in [-0.2, -0.15) is 0 Å². The Morgan fingerprint density at radius 2 is 1.90 bits per heavy atom. The van der Waals surface area contributed by atoms with E-state index in [2.05, 4.69) is 30.7 Å². The van der Waals surface area contributed by atoms with Crippen molar-refractivity contribution in [2.24, 2.45) is 17.6 Å². The molecule has 0 spiro atoms. The molecule has 1 saturated carbocycles. The predicted molar refractivity (Wildman–Crippen MR) is 86.9 cm³/mol. The van der Waals surface area contributed by atoms with Crippen molar-refractivity contribution < 1.29 is 0 Å². The second-order valence-corrected chi connectivity index (χ2v) is 7.07. The minimum atomic E-state index is 0.732. The molecular formula is C17H35N3. The molecule has 2 aliphatic rings. The summed E-state index contributed by atoms with van der Waals surface area (Å²) in [6.45, 7) is 9.36. The standard InChI is InChI=1S/C17H35N3/c1-4-14-7-8-15(12-18)17(11-14)20-10-6-9-19(3)13-16(20)5-2/h14-17H,4-13,18H2,1-3H3. The fourth-order valence-corrected chi connectivity index (χ4v) is 4.41. The number of hydrogen-bond acceptors (Lipinski definition) is 3. The van der Waals surface area contributed by atoms with Crippen molar-refractivity contribution in [3.8, 4) is 0 Å². The molecule has 0 aromatic rings.